The number of halogens is 3. The van der Waals surface area contributed by atoms with Gasteiger partial charge in [0, 0.05) is 15.6 Å². The number of phenolic OH excluding ortho intramolecular Hbond substituents is 1. The molecular formula is C16H13Cl3N2O3. The van der Waals surface area contributed by atoms with Crippen LogP contribution in [-0.2, 0) is 4.79 Å². The molecule has 0 saturated carbocycles. The second-order valence-electron chi connectivity index (χ2n) is 4.77. The standard InChI is InChI=1S/C16H13Cl3N2O3/c1-9(24-15-5-3-12(18)7-13(15)19)16(23)21-20-8-10-6-11(17)2-4-14(10)22/h2-9,22H,1H3,(H,21,23)/b20-8-/t9-/m1/s1. The summed E-state index contributed by atoms with van der Waals surface area (Å²) in [5, 5.41) is 14.6. The van der Waals surface area contributed by atoms with Gasteiger partial charge in [0.2, 0.25) is 0 Å². The first-order valence-corrected chi connectivity index (χ1v) is 7.93. The second kappa shape index (κ2) is 8.24. The van der Waals surface area contributed by atoms with Crippen molar-refractivity contribution in [3.05, 3.63) is 57.0 Å². The Morgan fingerprint density at radius 2 is 1.88 bits per heavy atom. The molecule has 0 fully saturated rings. The molecule has 0 radical (unpaired) electrons. The van der Waals surface area contributed by atoms with Gasteiger partial charge in [-0.2, -0.15) is 5.10 Å². The predicted octanol–water partition coefficient (Wildman–Crippen LogP) is 4.27. The van der Waals surface area contributed by atoms with Gasteiger partial charge in [-0.05, 0) is 43.3 Å². The lowest BCUT2D eigenvalue weighted by Crippen LogP contribution is -2.33. The van der Waals surface area contributed by atoms with E-state index in [1.54, 1.807) is 25.1 Å². The molecule has 2 aromatic carbocycles. The van der Waals surface area contributed by atoms with Crippen LogP contribution in [0.2, 0.25) is 15.1 Å². The van der Waals surface area contributed by atoms with Crippen LogP contribution < -0.4 is 10.2 Å². The summed E-state index contributed by atoms with van der Waals surface area (Å²) in [5.74, 6) is -0.159. The summed E-state index contributed by atoms with van der Waals surface area (Å²) in [6.07, 6.45) is 0.440. The first kappa shape index (κ1) is 18.4. The van der Waals surface area contributed by atoms with E-state index in [2.05, 4.69) is 10.5 Å². The Morgan fingerprint density at radius 1 is 1.21 bits per heavy atom. The number of phenols is 1. The lowest BCUT2D eigenvalue weighted by molar-refractivity contribution is -0.127. The van der Waals surface area contributed by atoms with Gasteiger partial charge in [-0.15, -0.1) is 0 Å². The summed E-state index contributed by atoms with van der Waals surface area (Å²) in [6.45, 7) is 1.55. The Labute approximate surface area is 153 Å². The maximum absolute atomic E-state index is 12.0. The van der Waals surface area contributed by atoms with Gasteiger partial charge in [0.05, 0.1) is 11.2 Å². The number of amides is 1. The van der Waals surface area contributed by atoms with E-state index in [0.29, 0.717) is 26.4 Å². The van der Waals surface area contributed by atoms with E-state index in [0.717, 1.165) is 0 Å². The minimum atomic E-state index is -0.839. The quantitative estimate of drug-likeness (QED) is 0.594. The Kier molecular flexibility index (Phi) is 6.31. The average molecular weight is 388 g/mol. The molecule has 2 aromatic rings. The minimum absolute atomic E-state index is 0.00496. The first-order valence-electron chi connectivity index (χ1n) is 6.80. The molecule has 2 N–H and O–H groups in total. The molecule has 0 unspecified atom stereocenters. The minimum Gasteiger partial charge on any atom is -0.507 e. The normalized spacial score (nSPS) is 12.2. The molecule has 2 rings (SSSR count). The predicted molar refractivity (Wildman–Crippen MR) is 95.4 cm³/mol. The lowest BCUT2D eigenvalue weighted by atomic mass is 10.2. The highest BCUT2D eigenvalue weighted by atomic mass is 35.5. The van der Waals surface area contributed by atoms with Gasteiger partial charge in [-0.1, -0.05) is 34.8 Å². The molecule has 0 aliphatic heterocycles. The number of ether oxygens (including phenoxy) is 1. The Bertz CT molecular complexity index is 781. The molecule has 1 amide bonds. The number of hydrogen-bond donors (Lipinski definition) is 2. The number of nitrogens with one attached hydrogen (secondary N) is 1. The molecule has 126 valence electrons. The van der Waals surface area contributed by atoms with Crippen LogP contribution in [0.4, 0.5) is 0 Å². The largest absolute Gasteiger partial charge is 0.507 e. The van der Waals surface area contributed by atoms with E-state index in [-0.39, 0.29) is 5.75 Å². The van der Waals surface area contributed by atoms with Gasteiger partial charge < -0.3 is 9.84 Å². The van der Waals surface area contributed by atoms with Crippen molar-refractivity contribution in [3.63, 3.8) is 0 Å². The monoisotopic (exact) mass is 386 g/mol. The van der Waals surface area contributed by atoms with E-state index in [1.165, 1.54) is 24.4 Å². The SMILES string of the molecule is C[C@@H](Oc1ccc(Cl)cc1Cl)C(=O)N/N=C\c1cc(Cl)ccc1O. The van der Waals surface area contributed by atoms with Gasteiger partial charge in [0.1, 0.15) is 11.5 Å². The molecule has 0 saturated heterocycles. The fourth-order valence-electron chi connectivity index (χ4n) is 1.70. The Morgan fingerprint density at radius 3 is 2.58 bits per heavy atom. The third-order valence-electron chi connectivity index (χ3n) is 2.93. The molecule has 0 aromatic heterocycles. The highest BCUT2D eigenvalue weighted by molar-refractivity contribution is 6.35. The summed E-state index contributed by atoms with van der Waals surface area (Å²) >= 11 is 17.6. The van der Waals surface area contributed by atoms with Crippen molar-refractivity contribution in [2.75, 3.05) is 0 Å². The fourth-order valence-corrected chi connectivity index (χ4v) is 2.33. The van der Waals surface area contributed by atoms with Crippen LogP contribution in [0.3, 0.4) is 0 Å². The van der Waals surface area contributed by atoms with Gasteiger partial charge in [-0.3, -0.25) is 4.79 Å². The molecule has 0 aliphatic carbocycles. The zero-order valence-electron chi connectivity index (χ0n) is 12.5. The van der Waals surface area contributed by atoms with E-state index in [9.17, 15) is 9.90 Å². The van der Waals surface area contributed by atoms with Crippen molar-refractivity contribution >= 4 is 46.9 Å². The number of aromatic hydroxyl groups is 1. The van der Waals surface area contributed by atoms with E-state index in [4.69, 9.17) is 39.5 Å². The summed E-state index contributed by atoms with van der Waals surface area (Å²) < 4.78 is 5.46. The van der Waals surface area contributed by atoms with Crippen molar-refractivity contribution in [2.45, 2.75) is 13.0 Å². The molecule has 24 heavy (non-hydrogen) atoms. The van der Waals surface area contributed by atoms with E-state index >= 15 is 0 Å². The maximum atomic E-state index is 12.0. The smallest absolute Gasteiger partial charge is 0.280 e. The zero-order chi connectivity index (χ0) is 17.7. The van der Waals surface area contributed by atoms with Crippen LogP contribution in [0.5, 0.6) is 11.5 Å². The zero-order valence-corrected chi connectivity index (χ0v) is 14.7. The molecular weight excluding hydrogens is 375 g/mol. The van der Waals surface area contributed by atoms with Crippen molar-refractivity contribution in [1.29, 1.82) is 0 Å². The summed E-state index contributed by atoms with van der Waals surface area (Å²) in [7, 11) is 0. The lowest BCUT2D eigenvalue weighted by Gasteiger charge is -2.14. The van der Waals surface area contributed by atoms with Crippen LogP contribution in [0.1, 0.15) is 12.5 Å². The first-order chi connectivity index (χ1) is 11.4. The number of carbonyl (C=O) groups excluding carboxylic acids is 1. The highest BCUT2D eigenvalue weighted by Gasteiger charge is 2.15. The Balaban J connectivity index is 1.96. The molecule has 0 heterocycles. The van der Waals surface area contributed by atoms with Gasteiger partial charge >= 0.3 is 0 Å². The topological polar surface area (TPSA) is 70.9 Å². The molecule has 0 spiro atoms. The van der Waals surface area contributed by atoms with Crippen molar-refractivity contribution in [1.82, 2.24) is 5.43 Å². The van der Waals surface area contributed by atoms with Crippen LogP contribution >= 0.6 is 34.8 Å². The number of carbonyl (C=O) groups is 1. The van der Waals surface area contributed by atoms with E-state index in [1.807, 2.05) is 0 Å². The van der Waals surface area contributed by atoms with Crippen molar-refractivity contribution in [2.24, 2.45) is 5.10 Å². The van der Waals surface area contributed by atoms with Crippen LogP contribution in [0.15, 0.2) is 41.5 Å². The third-order valence-corrected chi connectivity index (χ3v) is 3.70. The summed E-state index contributed by atoms with van der Waals surface area (Å²) in [4.78, 5) is 12.0. The van der Waals surface area contributed by atoms with Crippen molar-refractivity contribution in [3.8, 4) is 11.5 Å². The second-order valence-corrected chi connectivity index (χ2v) is 6.05. The third kappa shape index (κ3) is 5.03. The van der Waals surface area contributed by atoms with E-state index < -0.39 is 12.0 Å². The molecule has 5 nitrogen and oxygen atoms in total. The summed E-state index contributed by atoms with van der Waals surface area (Å²) in [6, 6.07) is 9.18. The molecule has 0 bridgehead atoms. The molecule has 8 heteroatoms. The fraction of sp³-hybridized carbons (Fsp3) is 0.125. The number of rotatable bonds is 5. The molecule has 1 atom stereocenters. The number of hydrogen-bond acceptors (Lipinski definition) is 4. The van der Waals surface area contributed by atoms with Crippen LogP contribution in [0.25, 0.3) is 0 Å². The number of benzene rings is 2. The maximum Gasteiger partial charge on any atom is 0.280 e. The number of nitrogens with zero attached hydrogens (tertiary/aromatic N) is 1. The van der Waals surface area contributed by atoms with Gasteiger partial charge in [0.15, 0.2) is 6.10 Å². The highest BCUT2D eigenvalue weighted by Crippen LogP contribution is 2.28. The van der Waals surface area contributed by atoms with Gasteiger partial charge in [0.25, 0.3) is 5.91 Å². The number of hydrazone groups is 1. The van der Waals surface area contributed by atoms with Crippen molar-refractivity contribution < 1.29 is 14.6 Å². The summed E-state index contributed by atoms with van der Waals surface area (Å²) in [5.41, 5.74) is 2.68. The van der Waals surface area contributed by atoms with Crippen LogP contribution in [0, 0.1) is 0 Å². The van der Waals surface area contributed by atoms with Gasteiger partial charge in [-0.25, -0.2) is 5.43 Å². The van der Waals surface area contributed by atoms with Crippen LogP contribution in [-0.4, -0.2) is 23.3 Å². The Hall–Kier alpha value is -1.95. The average Bonchev–Trinajstić information content (AvgIpc) is 2.53. The molecule has 0 aliphatic rings.